The number of hydrogen-bond donors (Lipinski definition) is 0. The van der Waals surface area contributed by atoms with Gasteiger partial charge in [-0.05, 0) is 39.5 Å². The molecule has 0 saturated heterocycles. The van der Waals surface area contributed by atoms with E-state index < -0.39 is 0 Å². The Morgan fingerprint density at radius 1 is 1.30 bits per heavy atom. The molecule has 0 radical (unpaired) electrons. The quantitative estimate of drug-likeness (QED) is 0.519. The van der Waals surface area contributed by atoms with E-state index in [2.05, 4.69) is 25.8 Å². The van der Waals surface area contributed by atoms with Crippen molar-refractivity contribution in [2.24, 2.45) is 10.9 Å². The Hall–Kier alpha value is -0.590. The van der Waals surface area contributed by atoms with E-state index in [1.807, 2.05) is 6.20 Å². The minimum atomic E-state index is 0.815. The average molecular weight is 137 g/mol. The van der Waals surface area contributed by atoms with Crippen molar-refractivity contribution in [2.45, 2.75) is 33.6 Å². The minimum Gasteiger partial charge on any atom is -0.266 e. The molecule has 0 heterocycles. The molecule has 0 aromatic rings. The highest BCUT2D eigenvalue weighted by Crippen LogP contribution is 2.30. The Morgan fingerprint density at radius 3 is 2.30 bits per heavy atom. The van der Waals surface area contributed by atoms with Gasteiger partial charge in [0, 0.05) is 11.9 Å². The lowest BCUT2D eigenvalue weighted by atomic mass is 10.3. The van der Waals surface area contributed by atoms with Crippen molar-refractivity contribution in [3.05, 3.63) is 11.8 Å². The van der Waals surface area contributed by atoms with Gasteiger partial charge in [-0.3, -0.25) is 4.99 Å². The van der Waals surface area contributed by atoms with Gasteiger partial charge in [-0.1, -0.05) is 5.57 Å². The zero-order valence-corrected chi connectivity index (χ0v) is 7.02. The summed E-state index contributed by atoms with van der Waals surface area (Å²) in [5.74, 6) is 0.815. The van der Waals surface area contributed by atoms with E-state index in [1.165, 1.54) is 24.1 Å². The second kappa shape index (κ2) is 3.00. The predicted molar refractivity (Wildman–Crippen MR) is 45.3 cm³/mol. The fourth-order valence-electron chi connectivity index (χ4n) is 0.837. The summed E-state index contributed by atoms with van der Waals surface area (Å²) in [5, 5.41) is 0. The van der Waals surface area contributed by atoms with Gasteiger partial charge in [0.15, 0.2) is 0 Å². The molecule has 0 N–H and O–H groups in total. The largest absolute Gasteiger partial charge is 0.266 e. The predicted octanol–water partition coefficient (Wildman–Crippen LogP) is 2.78. The van der Waals surface area contributed by atoms with Crippen LogP contribution in [0.4, 0.5) is 0 Å². The molecule has 1 nitrogen and oxygen atoms in total. The highest BCUT2D eigenvalue weighted by Gasteiger charge is 2.23. The van der Waals surface area contributed by atoms with E-state index in [-0.39, 0.29) is 0 Å². The second-order valence-corrected chi connectivity index (χ2v) is 3.25. The molecule has 0 unspecified atom stereocenters. The highest BCUT2D eigenvalue weighted by atomic mass is 14.7. The number of allylic oxidation sites excluding steroid dienone is 1. The molecule has 1 rings (SSSR count). The summed E-state index contributed by atoms with van der Waals surface area (Å²) in [5.41, 5.74) is 2.58. The van der Waals surface area contributed by atoms with Crippen LogP contribution in [-0.4, -0.2) is 5.71 Å². The maximum absolute atomic E-state index is 4.34. The summed E-state index contributed by atoms with van der Waals surface area (Å²) in [6.45, 7) is 6.27. The summed E-state index contributed by atoms with van der Waals surface area (Å²) in [4.78, 5) is 4.34. The second-order valence-electron chi connectivity index (χ2n) is 3.25. The topological polar surface area (TPSA) is 12.4 Å². The van der Waals surface area contributed by atoms with Gasteiger partial charge in [0.25, 0.3) is 0 Å². The summed E-state index contributed by atoms with van der Waals surface area (Å²) < 4.78 is 0. The first-order chi connectivity index (χ1) is 4.70. The van der Waals surface area contributed by atoms with Gasteiger partial charge in [-0.25, -0.2) is 0 Å². The third kappa shape index (κ3) is 2.34. The molecule has 0 aliphatic heterocycles. The van der Waals surface area contributed by atoms with Crippen molar-refractivity contribution in [1.82, 2.24) is 0 Å². The van der Waals surface area contributed by atoms with Crippen LogP contribution in [0.5, 0.6) is 0 Å². The van der Waals surface area contributed by atoms with Crippen molar-refractivity contribution in [1.29, 1.82) is 0 Å². The van der Waals surface area contributed by atoms with Crippen LogP contribution < -0.4 is 0 Å². The molecular formula is C9H15N. The lowest BCUT2D eigenvalue weighted by Crippen LogP contribution is -1.91. The first-order valence-electron chi connectivity index (χ1n) is 3.88. The van der Waals surface area contributed by atoms with E-state index in [0.29, 0.717) is 0 Å². The molecule has 0 amide bonds. The van der Waals surface area contributed by atoms with Gasteiger partial charge in [-0.2, -0.15) is 0 Å². The lowest BCUT2D eigenvalue weighted by molar-refractivity contribution is 1.16. The third-order valence-electron chi connectivity index (χ3n) is 1.69. The Bertz CT molecular complexity index is 169. The third-order valence-corrected chi connectivity index (χ3v) is 1.69. The Labute approximate surface area is 62.9 Å². The minimum absolute atomic E-state index is 0.815. The van der Waals surface area contributed by atoms with Gasteiger partial charge < -0.3 is 0 Å². The van der Waals surface area contributed by atoms with Gasteiger partial charge in [0.2, 0.25) is 0 Å². The highest BCUT2D eigenvalue weighted by molar-refractivity contribution is 5.86. The molecule has 56 valence electrons. The molecule has 0 atom stereocenters. The Kier molecular flexibility index (Phi) is 2.25. The molecule has 10 heavy (non-hydrogen) atoms. The van der Waals surface area contributed by atoms with Crippen LogP contribution in [0.25, 0.3) is 0 Å². The molecular weight excluding hydrogens is 122 g/mol. The summed E-state index contributed by atoms with van der Waals surface area (Å²) in [7, 11) is 0. The van der Waals surface area contributed by atoms with Crippen LogP contribution in [0.15, 0.2) is 16.8 Å². The molecule has 1 aliphatic carbocycles. The van der Waals surface area contributed by atoms with Crippen molar-refractivity contribution < 1.29 is 0 Å². The first-order valence-corrected chi connectivity index (χ1v) is 3.88. The van der Waals surface area contributed by atoms with E-state index in [4.69, 9.17) is 0 Å². The summed E-state index contributed by atoms with van der Waals surface area (Å²) >= 11 is 0. The van der Waals surface area contributed by atoms with Crippen LogP contribution in [0.3, 0.4) is 0 Å². The number of nitrogens with zero attached hydrogens (tertiary/aromatic N) is 1. The molecule has 1 fully saturated rings. The van der Waals surface area contributed by atoms with Crippen molar-refractivity contribution in [3.8, 4) is 0 Å². The van der Waals surface area contributed by atoms with E-state index in [9.17, 15) is 0 Å². The number of aliphatic imine (C=N–C) groups is 1. The molecule has 1 heteroatoms. The molecule has 0 spiro atoms. The fourth-order valence-corrected chi connectivity index (χ4v) is 0.837. The van der Waals surface area contributed by atoms with Crippen LogP contribution in [-0.2, 0) is 0 Å². The maximum atomic E-state index is 4.34. The normalized spacial score (nSPS) is 18.9. The SMILES string of the molecule is CC(C)=C/N=C(\C)C1CC1. The smallest absolute Gasteiger partial charge is 0.0253 e. The van der Waals surface area contributed by atoms with Crippen LogP contribution in [0.1, 0.15) is 33.6 Å². The lowest BCUT2D eigenvalue weighted by Gasteiger charge is -1.91. The van der Waals surface area contributed by atoms with E-state index >= 15 is 0 Å². The zero-order valence-electron chi connectivity index (χ0n) is 7.02. The zero-order chi connectivity index (χ0) is 7.56. The van der Waals surface area contributed by atoms with Gasteiger partial charge in [-0.15, -0.1) is 0 Å². The molecule has 0 bridgehead atoms. The monoisotopic (exact) mass is 137 g/mol. The van der Waals surface area contributed by atoms with Crippen LogP contribution >= 0.6 is 0 Å². The van der Waals surface area contributed by atoms with Crippen molar-refractivity contribution in [2.75, 3.05) is 0 Å². The van der Waals surface area contributed by atoms with Crippen molar-refractivity contribution >= 4 is 5.71 Å². The van der Waals surface area contributed by atoms with Crippen LogP contribution in [0.2, 0.25) is 0 Å². The Balaban J connectivity index is 2.44. The number of rotatable bonds is 2. The molecule has 0 aromatic heterocycles. The molecule has 0 aromatic carbocycles. The van der Waals surface area contributed by atoms with E-state index in [0.717, 1.165) is 5.92 Å². The molecule has 1 saturated carbocycles. The van der Waals surface area contributed by atoms with Crippen LogP contribution in [0, 0.1) is 5.92 Å². The van der Waals surface area contributed by atoms with Gasteiger partial charge in [0.1, 0.15) is 0 Å². The van der Waals surface area contributed by atoms with Crippen molar-refractivity contribution in [3.63, 3.8) is 0 Å². The average Bonchev–Trinajstić information content (AvgIpc) is 2.63. The summed E-state index contributed by atoms with van der Waals surface area (Å²) in [6.07, 6.45) is 4.66. The van der Waals surface area contributed by atoms with E-state index in [1.54, 1.807) is 0 Å². The first kappa shape index (κ1) is 7.52. The molecule has 1 aliphatic rings. The van der Waals surface area contributed by atoms with Gasteiger partial charge >= 0.3 is 0 Å². The standard InChI is InChI=1S/C9H15N/c1-7(2)6-10-8(3)9-4-5-9/h6,9H,4-5H2,1-3H3/b10-8+. The van der Waals surface area contributed by atoms with Gasteiger partial charge in [0.05, 0.1) is 0 Å². The fraction of sp³-hybridized carbons (Fsp3) is 0.667. The summed E-state index contributed by atoms with van der Waals surface area (Å²) in [6, 6.07) is 0. The Morgan fingerprint density at radius 2 is 1.90 bits per heavy atom. The number of hydrogen-bond acceptors (Lipinski definition) is 1. The maximum Gasteiger partial charge on any atom is 0.0253 e.